The van der Waals surface area contributed by atoms with Crippen molar-refractivity contribution in [3.05, 3.63) is 77.9 Å². The summed E-state index contributed by atoms with van der Waals surface area (Å²) in [6.07, 6.45) is 3.36. The molecule has 4 heteroatoms. The number of benzene rings is 3. The van der Waals surface area contributed by atoms with Crippen molar-refractivity contribution < 1.29 is 9.90 Å². The molecule has 0 heterocycles. The van der Waals surface area contributed by atoms with Gasteiger partial charge in [-0.1, -0.05) is 72.8 Å². The van der Waals surface area contributed by atoms with Crippen LogP contribution >= 0.6 is 0 Å². The smallest absolute Gasteiger partial charge is 0.314 e. The van der Waals surface area contributed by atoms with Crippen molar-refractivity contribution in [1.29, 1.82) is 0 Å². The SMILES string of the molecule is NC1(N)c2c(cccc2-c2cccc3ccccc23)C=CC1C(=O)O. The van der Waals surface area contributed by atoms with Crippen LogP contribution in [0.5, 0.6) is 0 Å². The second kappa shape index (κ2) is 5.55. The Kier molecular flexibility index (Phi) is 3.46. The van der Waals surface area contributed by atoms with E-state index in [-0.39, 0.29) is 0 Å². The molecule has 0 saturated heterocycles. The molecule has 1 atom stereocenters. The van der Waals surface area contributed by atoms with Crippen molar-refractivity contribution in [2.75, 3.05) is 0 Å². The molecule has 0 aliphatic heterocycles. The number of fused-ring (bicyclic) bond motifs is 2. The average molecular weight is 330 g/mol. The highest BCUT2D eigenvalue weighted by Crippen LogP contribution is 2.41. The lowest BCUT2D eigenvalue weighted by Crippen LogP contribution is -2.56. The van der Waals surface area contributed by atoms with Crippen LogP contribution in [0.25, 0.3) is 28.0 Å². The van der Waals surface area contributed by atoms with Crippen molar-refractivity contribution in [3.63, 3.8) is 0 Å². The van der Waals surface area contributed by atoms with E-state index in [1.54, 1.807) is 12.2 Å². The van der Waals surface area contributed by atoms with Crippen molar-refractivity contribution >= 4 is 22.8 Å². The van der Waals surface area contributed by atoms with Crippen LogP contribution < -0.4 is 11.5 Å². The molecule has 1 aliphatic carbocycles. The van der Waals surface area contributed by atoms with E-state index in [4.69, 9.17) is 11.5 Å². The highest BCUT2D eigenvalue weighted by atomic mass is 16.4. The molecule has 25 heavy (non-hydrogen) atoms. The zero-order chi connectivity index (χ0) is 17.6. The van der Waals surface area contributed by atoms with Crippen LogP contribution in [0, 0.1) is 5.92 Å². The fourth-order valence-corrected chi connectivity index (χ4v) is 3.68. The van der Waals surface area contributed by atoms with Gasteiger partial charge in [-0.05, 0) is 27.5 Å². The van der Waals surface area contributed by atoms with E-state index in [1.807, 2.05) is 60.7 Å². The molecular formula is C21H18N2O2. The number of nitrogens with two attached hydrogens (primary N) is 2. The second-order valence-electron chi connectivity index (χ2n) is 6.40. The fourth-order valence-electron chi connectivity index (χ4n) is 3.68. The number of carboxylic acids is 1. The lowest BCUT2D eigenvalue weighted by molar-refractivity contribution is -0.142. The average Bonchev–Trinajstić information content (AvgIpc) is 2.60. The van der Waals surface area contributed by atoms with E-state index in [9.17, 15) is 9.90 Å². The summed E-state index contributed by atoms with van der Waals surface area (Å²) in [5, 5.41) is 11.7. The summed E-state index contributed by atoms with van der Waals surface area (Å²) in [7, 11) is 0. The number of carbonyl (C=O) groups is 1. The quantitative estimate of drug-likeness (QED) is 0.629. The molecule has 0 spiro atoms. The van der Waals surface area contributed by atoms with Crippen molar-refractivity contribution in [2.45, 2.75) is 5.66 Å². The van der Waals surface area contributed by atoms with Crippen molar-refractivity contribution in [2.24, 2.45) is 17.4 Å². The largest absolute Gasteiger partial charge is 0.481 e. The third kappa shape index (κ3) is 2.35. The number of aliphatic carboxylic acids is 1. The highest BCUT2D eigenvalue weighted by molar-refractivity contribution is 5.98. The first-order valence-electron chi connectivity index (χ1n) is 8.10. The molecule has 0 bridgehead atoms. The van der Waals surface area contributed by atoms with Crippen LogP contribution in [0.1, 0.15) is 11.1 Å². The summed E-state index contributed by atoms with van der Waals surface area (Å²) in [5.41, 5.74) is 14.6. The number of rotatable bonds is 2. The fraction of sp³-hybridized carbons (Fsp3) is 0.0952. The Morgan fingerprint density at radius 3 is 2.40 bits per heavy atom. The predicted molar refractivity (Wildman–Crippen MR) is 99.6 cm³/mol. The summed E-state index contributed by atoms with van der Waals surface area (Å²) >= 11 is 0. The van der Waals surface area contributed by atoms with Gasteiger partial charge in [0.1, 0.15) is 11.6 Å². The molecular weight excluding hydrogens is 312 g/mol. The summed E-state index contributed by atoms with van der Waals surface area (Å²) in [6.45, 7) is 0. The van der Waals surface area contributed by atoms with E-state index >= 15 is 0 Å². The van der Waals surface area contributed by atoms with Crippen molar-refractivity contribution in [3.8, 4) is 11.1 Å². The maximum absolute atomic E-state index is 11.6. The van der Waals surface area contributed by atoms with Crippen LogP contribution in [0.15, 0.2) is 66.7 Å². The molecule has 4 rings (SSSR count). The van der Waals surface area contributed by atoms with Crippen LogP contribution in [0.3, 0.4) is 0 Å². The Bertz CT molecular complexity index is 1020. The first-order chi connectivity index (χ1) is 12.0. The number of hydrogen-bond acceptors (Lipinski definition) is 3. The van der Waals surface area contributed by atoms with E-state index < -0.39 is 17.6 Å². The monoisotopic (exact) mass is 330 g/mol. The Labute approximate surface area is 145 Å². The normalized spacial score (nSPS) is 18.1. The highest BCUT2D eigenvalue weighted by Gasteiger charge is 2.41. The van der Waals surface area contributed by atoms with Gasteiger partial charge in [0.15, 0.2) is 0 Å². The molecule has 0 amide bonds. The summed E-state index contributed by atoms with van der Waals surface area (Å²) in [5.74, 6) is -2.00. The van der Waals surface area contributed by atoms with E-state index in [0.717, 1.165) is 27.5 Å². The lowest BCUT2D eigenvalue weighted by Gasteiger charge is -2.36. The van der Waals surface area contributed by atoms with Crippen LogP contribution in [-0.4, -0.2) is 11.1 Å². The molecule has 3 aromatic rings. The van der Waals surface area contributed by atoms with Gasteiger partial charge in [-0.25, -0.2) is 0 Å². The van der Waals surface area contributed by atoms with Crippen LogP contribution in [0.2, 0.25) is 0 Å². The van der Waals surface area contributed by atoms with Gasteiger partial charge in [0.25, 0.3) is 0 Å². The minimum absolute atomic E-state index is 0.668. The van der Waals surface area contributed by atoms with Gasteiger partial charge in [0.2, 0.25) is 0 Å². The van der Waals surface area contributed by atoms with Gasteiger partial charge in [-0.15, -0.1) is 0 Å². The van der Waals surface area contributed by atoms with Gasteiger partial charge in [0, 0.05) is 5.56 Å². The third-order valence-electron chi connectivity index (χ3n) is 4.86. The molecule has 4 nitrogen and oxygen atoms in total. The molecule has 1 aliphatic rings. The minimum atomic E-state index is -1.48. The minimum Gasteiger partial charge on any atom is -0.481 e. The Balaban J connectivity index is 2.04. The summed E-state index contributed by atoms with van der Waals surface area (Å²) in [6, 6.07) is 19.9. The molecule has 5 N–H and O–H groups in total. The van der Waals surface area contributed by atoms with Gasteiger partial charge in [-0.2, -0.15) is 0 Å². The predicted octanol–water partition coefficient (Wildman–Crippen LogP) is 3.30. The summed E-state index contributed by atoms with van der Waals surface area (Å²) in [4.78, 5) is 11.6. The van der Waals surface area contributed by atoms with E-state index in [2.05, 4.69) is 0 Å². The number of hydrogen-bond donors (Lipinski definition) is 3. The topological polar surface area (TPSA) is 89.3 Å². The molecule has 124 valence electrons. The first kappa shape index (κ1) is 15.6. The first-order valence-corrected chi connectivity index (χ1v) is 8.10. The van der Waals surface area contributed by atoms with Gasteiger partial charge >= 0.3 is 5.97 Å². The zero-order valence-electron chi connectivity index (χ0n) is 13.5. The van der Waals surface area contributed by atoms with E-state index in [1.165, 1.54) is 0 Å². The van der Waals surface area contributed by atoms with E-state index in [0.29, 0.717) is 5.56 Å². The maximum atomic E-state index is 11.6. The maximum Gasteiger partial charge on any atom is 0.314 e. The summed E-state index contributed by atoms with van der Waals surface area (Å²) < 4.78 is 0. The molecule has 0 fully saturated rings. The molecule has 1 unspecified atom stereocenters. The van der Waals surface area contributed by atoms with Crippen LogP contribution in [-0.2, 0) is 10.5 Å². The second-order valence-corrected chi connectivity index (χ2v) is 6.40. The molecule has 0 radical (unpaired) electrons. The third-order valence-corrected chi connectivity index (χ3v) is 4.86. The Hall–Kier alpha value is -2.95. The van der Waals surface area contributed by atoms with Crippen molar-refractivity contribution in [1.82, 2.24) is 0 Å². The Morgan fingerprint density at radius 2 is 1.60 bits per heavy atom. The van der Waals surface area contributed by atoms with Gasteiger partial charge in [-0.3, -0.25) is 4.79 Å². The molecule has 0 saturated carbocycles. The molecule has 0 aromatic heterocycles. The lowest BCUT2D eigenvalue weighted by atomic mass is 9.76. The van der Waals surface area contributed by atoms with Gasteiger partial charge < -0.3 is 16.6 Å². The number of carboxylic acid groups (broad SMARTS) is 1. The van der Waals surface area contributed by atoms with Crippen LogP contribution in [0.4, 0.5) is 0 Å². The Morgan fingerprint density at radius 1 is 0.920 bits per heavy atom. The standard InChI is InChI=1S/C21H18N2O2/c22-21(23)18(20(24)25)12-11-14-7-4-10-17(19(14)21)16-9-3-6-13-5-1-2-8-15(13)16/h1-12,18H,22-23H2,(H,24,25). The van der Waals surface area contributed by atoms with Gasteiger partial charge in [0.05, 0.1) is 0 Å². The molecule has 3 aromatic carbocycles. The zero-order valence-corrected chi connectivity index (χ0v) is 13.5.